The van der Waals surface area contributed by atoms with Crippen LogP contribution in [-0.4, -0.2) is 36.9 Å². The zero-order valence-electron chi connectivity index (χ0n) is 16.1. The summed E-state index contributed by atoms with van der Waals surface area (Å²) in [6.07, 6.45) is 0. The zero-order valence-corrected chi connectivity index (χ0v) is 16.1. The van der Waals surface area contributed by atoms with E-state index in [2.05, 4.69) is 15.5 Å². The average Bonchev–Trinajstić information content (AvgIpc) is 3.23. The number of nitrogens with one attached hydrogen (secondary N) is 2. The van der Waals surface area contributed by atoms with Crippen LogP contribution in [0.3, 0.4) is 0 Å². The number of H-pyrrole nitrogens is 1. The molecular weight excluding hydrogens is 358 g/mol. The number of aromatic amines is 1. The highest BCUT2D eigenvalue weighted by atomic mass is 16.5. The van der Waals surface area contributed by atoms with E-state index in [1.54, 1.807) is 26.4 Å². The topological polar surface area (TPSA) is 85.5 Å². The lowest BCUT2D eigenvalue weighted by atomic mass is 10.1. The van der Waals surface area contributed by atoms with Crippen molar-refractivity contribution in [1.82, 2.24) is 15.5 Å². The summed E-state index contributed by atoms with van der Waals surface area (Å²) in [5.74, 6) is 1.92. The lowest BCUT2D eigenvalue weighted by molar-refractivity contribution is 0.0945. The largest absolute Gasteiger partial charge is 0.497 e. The molecule has 0 aliphatic heterocycles. The summed E-state index contributed by atoms with van der Waals surface area (Å²) < 4.78 is 16.0. The predicted octanol–water partition coefficient (Wildman–Crippen LogP) is 3.42. The summed E-state index contributed by atoms with van der Waals surface area (Å²) >= 11 is 0. The Bertz CT molecular complexity index is 935. The first-order valence-electron chi connectivity index (χ1n) is 8.92. The lowest BCUT2D eigenvalue weighted by Crippen LogP contribution is -2.23. The normalized spacial score (nSPS) is 10.4. The van der Waals surface area contributed by atoms with Crippen molar-refractivity contribution >= 4 is 5.91 Å². The van der Waals surface area contributed by atoms with Crippen molar-refractivity contribution in [3.63, 3.8) is 0 Å². The summed E-state index contributed by atoms with van der Waals surface area (Å²) in [5.41, 5.74) is 2.78. The predicted molar refractivity (Wildman–Crippen MR) is 106 cm³/mol. The van der Waals surface area contributed by atoms with Gasteiger partial charge < -0.3 is 19.5 Å². The molecule has 0 saturated carbocycles. The van der Waals surface area contributed by atoms with Gasteiger partial charge in [0.15, 0.2) is 0 Å². The number of amides is 1. The lowest BCUT2D eigenvalue weighted by Gasteiger charge is -2.11. The molecule has 0 atom stereocenters. The molecule has 7 heteroatoms. The monoisotopic (exact) mass is 381 g/mol. The molecule has 2 aromatic carbocycles. The molecule has 28 heavy (non-hydrogen) atoms. The number of carbonyl (C=O) groups is 1. The molecule has 1 amide bonds. The molecule has 0 saturated heterocycles. The van der Waals surface area contributed by atoms with E-state index >= 15 is 0 Å². The van der Waals surface area contributed by atoms with Crippen molar-refractivity contribution in [3.05, 3.63) is 59.8 Å². The fourth-order valence-corrected chi connectivity index (χ4v) is 2.77. The van der Waals surface area contributed by atoms with Gasteiger partial charge in [0.1, 0.15) is 22.9 Å². The van der Waals surface area contributed by atoms with Gasteiger partial charge in [0.05, 0.1) is 26.5 Å². The molecule has 0 aliphatic rings. The fraction of sp³-hybridized carbons (Fsp3) is 0.238. The maximum atomic E-state index is 12.5. The maximum Gasteiger partial charge on any atom is 0.269 e. The number of hydrogen-bond acceptors (Lipinski definition) is 5. The van der Waals surface area contributed by atoms with E-state index in [1.165, 1.54) is 0 Å². The van der Waals surface area contributed by atoms with Gasteiger partial charge in [-0.15, -0.1) is 0 Å². The van der Waals surface area contributed by atoms with Gasteiger partial charge in [-0.2, -0.15) is 5.10 Å². The minimum Gasteiger partial charge on any atom is -0.497 e. The third-order valence-corrected chi connectivity index (χ3v) is 4.21. The molecule has 0 bridgehead atoms. The van der Waals surface area contributed by atoms with E-state index in [0.29, 0.717) is 36.0 Å². The third kappa shape index (κ3) is 4.43. The van der Waals surface area contributed by atoms with Gasteiger partial charge in [-0.05, 0) is 55.5 Å². The summed E-state index contributed by atoms with van der Waals surface area (Å²) in [5, 5.41) is 9.88. The summed E-state index contributed by atoms with van der Waals surface area (Å²) in [7, 11) is 3.18. The van der Waals surface area contributed by atoms with Crippen LogP contribution in [-0.2, 0) is 6.54 Å². The number of aromatic nitrogens is 2. The molecule has 3 rings (SSSR count). The second-order valence-corrected chi connectivity index (χ2v) is 5.98. The minimum absolute atomic E-state index is 0.255. The third-order valence-electron chi connectivity index (χ3n) is 4.21. The van der Waals surface area contributed by atoms with E-state index in [-0.39, 0.29) is 5.91 Å². The molecule has 7 nitrogen and oxygen atoms in total. The van der Waals surface area contributed by atoms with Gasteiger partial charge in [-0.25, -0.2) is 0 Å². The van der Waals surface area contributed by atoms with Crippen molar-refractivity contribution in [3.8, 4) is 28.5 Å². The van der Waals surface area contributed by atoms with E-state index in [1.807, 2.05) is 43.3 Å². The molecule has 1 heterocycles. The van der Waals surface area contributed by atoms with E-state index in [0.717, 1.165) is 16.9 Å². The van der Waals surface area contributed by atoms with Crippen molar-refractivity contribution < 1.29 is 19.0 Å². The maximum absolute atomic E-state index is 12.5. The Kier molecular flexibility index (Phi) is 6.16. The van der Waals surface area contributed by atoms with Crippen LogP contribution in [0, 0.1) is 0 Å². The minimum atomic E-state index is -0.255. The number of carbonyl (C=O) groups excluding carboxylic acids is 1. The van der Waals surface area contributed by atoms with E-state index in [9.17, 15) is 4.79 Å². The van der Waals surface area contributed by atoms with Gasteiger partial charge in [-0.3, -0.25) is 9.89 Å². The summed E-state index contributed by atoms with van der Waals surface area (Å²) in [6, 6.07) is 14.7. The Hall–Kier alpha value is -3.48. The van der Waals surface area contributed by atoms with Crippen LogP contribution < -0.4 is 19.5 Å². The van der Waals surface area contributed by atoms with Crippen LogP contribution in [0.1, 0.15) is 23.0 Å². The molecule has 2 N–H and O–H groups in total. The van der Waals surface area contributed by atoms with Crippen LogP contribution in [0.2, 0.25) is 0 Å². The molecule has 1 aromatic heterocycles. The molecule has 0 fully saturated rings. The summed E-state index contributed by atoms with van der Waals surface area (Å²) in [6.45, 7) is 2.86. The number of benzene rings is 2. The number of methoxy groups -OCH3 is 2. The first kappa shape index (κ1) is 19.3. The smallest absolute Gasteiger partial charge is 0.269 e. The highest BCUT2D eigenvalue weighted by molar-refractivity contribution is 5.93. The molecule has 0 spiro atoms. The fourth-order valence-electron chi connectivity index (χ4n) is 2.77. The molecule has 3 aromatic rings. The molecule has 0 aliphatic carbocycles. The SMILES string of the molecule is CCOc1ccc(-c2cc(C(=O)NCc3cc(OC)ccc3OC)[nH]n2)cc1. The van der Waals surface area contributed by atoms with Crippen LogP contribution in [0.5, 0.6) is 17.2 Å². The molecule has 0 radical (unpaired) electrons. The van der Waals surface area contributed by atoms with Crippen molar-refractivity contribution in [2.24, 2.45) is 0 Å². The van der Waals surface area contributed by atoms with Crippen LogP contribution in [0.25, 0.3) is 11.3 Å². The molecule has 0 unspecified atom stereocenters. The number of hydrogen-bond donors (Lipinski definition) is 2. The standard InChI is InChI=1S/C21H23N3O4/c1-4-28-16-7-5-14(6-8-16)18-12-19(24-23-18)21(25)22-13-15-11-17(26-2)9-10-20(15)27-3/h5-12H,4,13H2,1-3H3,(H,22,25)(H,23,24). The Morgan fingerprint density at radius 2 is 1.79 bits per heavy atom. The van der Waals surface area contributed by atoms with E-state index in [4.69, 9.17) is 14.2 Å². The first-order chi connectivity index (χ1) is 13.6. The second-order valence-electron chi connectivity index (χ2n) is 5.98. The first-order valence-corrected chi connectivity index (χ1v) is 8.92. The Balaban J connectivity index is 1.67. The van der Waals surface area contributed by atoms with Gasteiger partial charge >= 0.3 is 0 Å². The number of rotatable bonds is 8. The van der Waals surface area contributed by atoms with Crippen LogP contribution in [0.4, 0.5) is 0 Å². The Morgan fingerprint density at radius 1 is 1.04 bits per heavy atom. The number of nitrogens with zero attached hydrogens (tertiary/aromatic N) is 1. The highest BCUT2D eigenvalue weighted by Crippen LogP contribution is 2.24. The van der Waals surface area contributed by atoms with Gasteiger partial charge in [0.2, 0.25) is 0 Å². The van der Waals surface area contributed by atoms with E-state index < -0.39 is 0 Å². The van der Waals surface area contributed by atoms with Crippen LogP contribution >= 0.6 is 0 Å². The molecule has 146 valence electrons. The highest BCUT2D eigenvalue weighted by Gasteiger charge is 2.13. The van der Waals surface area contributed by atoms with Crippen LogP contribution in [0.15, 0.2) is 48.5 Å². The van der Waals surface area contributed by atoms with Crippen molar-refractivity contribution in [2.45, 2.75) is 13.5 Å². The van der Waals surface area contributed by atoms with Crippen molar-refractivity contribution in [2.75, 3.05) is 20.8 Å². The molecular formula is C21H23N3O4. The Labute approximate surface area is 163 Å². The van der Waals surface area contributed by atoms with Gasteiger partial charge in [0.25, 0.3) is 5.91 Å². The van der Waals surface area contributed by atoms with Crippen molar-refractivity contribution in [1.29, 1.82) is 0 Å². The Morgan fingerprint density at radius 3 is 2.46 bits per heavy atom. The quantitative estimate of drug-likeness (QED) is 0.624. The number of ether oxygens (including phenoxy) is 3. The zero-order chi connectivity index (χ0) is 19.9. The summed E-state index contributed by atoms with van der Waals surface area (Å²) in [4.78, 5) is 12.5. The van der Waals surface area contributed by atoms with Gasteiger partial charge in [-0.1, -0.05) is 0 Å². The van der Waals surface area contributed by atoms with Gasteiger partial charge in [0, 0.05) is 17.7 Å². The second kappa shape index (κ2) is 8.94. The average molecular weight is 381 g/mol.